The zero-order valence-electron chi connectivity index (χ0n) is 10.6. The van der Waals surface area contributed by atoms with Gasteiger partial charge in [-0.25, -0.2) is 0 Å². The van der Waals surface area contributed by atoms with Gasteiger partial charge in [0, 0.05) is 12.6 Å². The van der Waals surface area contributed by atoms with Crippen LogP contribution in [0, 0.1) is 6.92 Å². The minimum atomic E-state index is -0.0852. The Morgan fingerprint density at radius 1 is 1.56 bits per heavy atom. The maximum atomic E-state index is 11.9. The van der Waals surface area contributed by atoms with Crippen LogP contribution in [0.4, 0.5) is 0 Å². The van der Waals surface area contributed by atoms with Gasteiger partial charge in [-0.05, 0) is 50.4 Å². The Morgan fingerprint density at radius 3 is 3.06 bits per heavy atom. The second kappa shape index (κ2) is 6.21. The molecule has 0 aromatic heterocycles. The predicted octanol–water partition coefficient (Wildman–Crippen LogP) is 2.52. The number of amides is 1. The first-order valence-corrected chi connectivity index (χ1v) is 6.82. The lowest BCUT2D eigenvalue weighted by Crippen LogP contribution is -2.30. The van der Waals surface area contributed by atoms with Gasteiger partial charge < -0.3 is 10.6 Å². The zero-order chi connectivity index (χ0) is 13.0. The molecule has 1 amide bonds. The van der Waals surface area contributed by atoms with Crippen molar-refractivity contribution < 1.29 is 4.79 Å². The van der Waals surface area contributed by atoms with Crippen molar-refractivity contribution >= 4 is 17.5 Å². The van der Waals surface area contributed by atoms with Crippen molar-refractivity contribution in [1.29, 1.82) is 0 Å². The Kier molecular flexibility index (Phi) is 4.61. The lowest BCUT2D eigenvalue weighted by atomic mass is 10.1. The van der Waals surface area contributed by atoms with Crippen molar-refractivity contribution in [2.75, 3.05) is 13.1 Å². The highest BCUT2D eigenvalue weighted by Gasteiger charge is 2.14. The summed E-state index contributed by atoms with van der Waals surface area (Å²) in [7, 11) is 0. The third-order valence-electron chi connectivity index (χ3n) is 3.31. The second-order valence-corrected chi connectivity index (χ2v) is 5.23. The molecule has 2 N–H and O–H groups in total. The van der Waals surface area contributed by atoms with Crippen LogP contribution in [0.5, 0.6) is 0 Å². The summed E-state index contributed by atoms with van der Waals surface area (Å²) in [5, 5.41) is 6.85. The van der Waals surface area contributed by atoms with Crippen LogP contribution in [-0.4, -0.2) is 25.0 Å². The summed E-state index contributed by atoms with van der Waals surface area (Å²) in [6.07, 6.45) is 3.43. The van der Waals surface area contributed by atoms with Gasteiger partial charge in [0.1, 0.15) is 0 Å². The van der Waals surface area contributed by atoms with Crippen LogP contribution in [0.3, 0.4) is 0 Å². The van der Waals surface area contributed by atoms with E-state index in [2.05, 4.69) is 10.6 Å². The summed E-state index contributed by atoms with van der Waals surface area (Å²) < 4.78 is 0. The number of halogens is 1. The fourth-order valence-electron chi connectivity index (χ4n) is 2.26. The molecule has 18 heavy (non-hydrogen) atoms. The van der Waals surface area contributed by atoms with Crippen molar-refractivity contribution in [2.24, 2.45) is 0 Å². The topological polar surface area (TPSA) is 41.1 Å². The molecule has 0 spiro atoms. The number of hydrogen-bond acceptors (Lipinski definition) is 2. The molecule has 0 unspecified atom stereocenters. The van der Waals surface area contributed by atoms with Crippen molar-refractivity contribution in [2.45, 2.75) is 32.2 Å². The van der Waals surface area contributed by atoms with Crippen molar-refractivity contribution in [3.63, 3.8) is 0 Å². The van der Waals surface area contributed by atoms with Crippen molar-refractivity contribution in [1.82, 2.24) is 10.6 Å². The van der Waals surface area contributed by atoms with Gasteiger partial charge in [0.2, 0.25) is 0 Å². The van der Waals surface area contributed by atoms with E-state index in [1.54, 1.807) is 6.07 Å². The highest BCUT2D eigenvalue weighted by atomic mass is 35.5. The van der Waals surface area contributed by atoms with E-state index in [9.17, 15) is 4.79 Å². The van der Waals surface area contributed by atoms with Crippen molar-refractivity contribution in [3.05, 3.63) is 34.3 Å². The highest BCUT2D eigenvalue weighted by molar-refractivity contribution is 6.33. The van der Waals surface area contributed by atoms with Gasteiger partial charge >= 0.3 is 0 Å². The van der Waals surface area contributed by atoms with Gasteiger partial charge in [0.05, 0.1) is 10.6 Å². The van der Waals surface area contributed by atoms with Crippen LogP contribution < -0.4 is 10.6 Å². The van der Waals surface area contributed by atoms with E-state index in [4.69, 9.17) is 11.6 Å². The van der Waals surface area contributed by atoms with E-state index in [0.717, 1.165) is 18.5 Å². The average Bonchev–Trinajstić information content (AvgIpc) is 2.81. The smallest absolute Gasteiger partial charge is 0.252 e. The lowest BCUT2D eigenvalue weighted by Gasteiger charge is -2.11. The summed E-state index contributed by atoms with van der Waals surface area (Å²) in [5.41, 5.74) is 1.62. The van der Waals surface area contributed by atoms with Crippen LogP contribution in [0.25, 0.3) is 0 Å². The first kappa shape index (κ1) is 13.4. The van der Waals surface area contributed by atoms with E-state index in [1.165, 1.54) is 12.8 Å². The maximum Gasteiger partial charge on any atom is 0.252 e. The molecule has 2 rings (SSSR count). The third-order valence-corrected chi connectivity index (χ3v) is 3.62. The third kappa shape index (κ3) is 3.47. The summed E-state index contributed by atoms with van der Waals surface area (Å²) in [4.78, 5) is 11.9. The molecule has 1 fully saturated rings. The molecule has 1 aliphatic heterocycles. The van der Waals surface area contributed by atoms with Crippen LogP contribution in [0.1, 0.15) is 35.2 Å². The minimum absolute atomic E-state index is 0.0852. The fraction of sp³-hybridized carbons (Fsp3) is 0.500. The molecule has 0 saturated carbocycles. The summed E-state index contributed by atoms with van der Waals surface area (Å²) in [6, 6.07) is 6.05. The van der Waals surface area contributed by atoms with E-state index in [0.29, 0.717) is 23.2 Å². The monoisotopic (exact) mass is 266 g/mol. The lowest BCUT2D eigenvalue weighted by molar-refractivity contribution is 0.0952. The molecule has 1 atom stereocenters. The highest BCUT2D eigenvalue weighted by Crippen LogP contribution is 2.17. The summed E-state index contributed by atoms with van der Waals surface area (Å²) >= 11 is 6.06. The van der Waals surface area contributed by atoms with Gasteiger partial charge in [-0.3, -0.25) is 4.79 Å². The van der Waals surface area contributed by atoms with Gasteiger partial charge in [0.15, 0.2) is 0 Å². The van der Waals surface area contributed by atoms with Crippen LogP contribution in [0.15, 0.2) is 18.2 Å². The predicted molar refractivity (Wildman–Crippen MR) is 74.2 cm³/mol. The Labute approximate surface area is 113 Å². The van der Waals surface area contributed by atoms with Gasteiger partial charge in [-0.2, -0.15) is 0 Å². The van der Waals surface area contributed by atoms with Gasteiger partial charge in [-0.15, -0.1) is 0 Å². The number of rotatable bonds is 4. The van der Waals surface area contributed by atoms with Gasteiger partial charge in [-0.1, -0.05) is 17.7 Å². The summed E-state index contributed by atoms with van der Waals surface area (Å²) in [6.45, 7) is 3.75. The summed E-state index contributed by atoms with van der Waals surface area (Å²) in [5.74, 6) is -0.0852. The number of carbonyl (C=O) groups excluding carboxylic acids is 1. The SMILES string of the molecule is Cc1ccc(C(=O)NCC[C@@H]2CCCN2)c(Cl)c1. The maximum absolute atomic E-state index is 11.9. The largest absolute Gasteiger partial charge is 0.352 e. The van der Waals surface area contributed by atoms with E-state index in [-0.39, 0.29) is 5.91 Å². The molecular weight excluding hydrogens is 248 g/mol. The normalized spacial score (nSPS) is 18.9. The number of nitrogens with one attached hydrogen (secondary N) is 2. The van der Waals surface area contributed by atoms with E-state index in [1.807, 2.05) is 19.1 Å². The standard InChI is InChI=1S/C14H19ClN2O/c1-10-4-5-12(13(15)9-10)14(18)17-8-6-11-3-2-7-16-11/h4-5,9,11,16H,2-3,6-8H2,1H3,(H,17,18)/t11-/m0/s1. The van der Waals surface area contributed by atoms with Crippen LogP contribution in [-0.2, 0) is 0 Å². The zero-order valence-corrected chi connectivity index (χ0v) is 11.4. The molecule has 1 aromatic rings. The number of aryl methyl sites for hydroxylation is 1. The minimum Gasteiger partial charge on any atom is -0.352 e. The average molecular weight is 267 g/mol. The molecule has 0 bridgehead atoms. The number of hydrogen-bond donors (Lipinski definition) is 2. The first-order valence-electron chi connectivity index (χ1n) is 6.44. The number of carbonyl (C=O) groups is 1. The molecule has 3 nitrogen and oxygen atoms in total. The van der Waals surface area contributed by atoms with E-state index < -0.39 is 0 Å². The van der Waals surface area contributed by atoms with E-state index >= 15 is 0 Å². The fourth-order valence-corrected chi connectivity index (χ4v) is 2.58. The second-order valence-electron chi connectivity index (χ2n) is 4.82. The first-order chi connectivity index (χ1) is 8.66. The Balaban J connectivity index is 1.83. The molecule has 98 valence electrons. The molecule has 1 aromatic carbocycles. The molecule has 1 heterocycles. The van der Waals surface area contributed by atoms with Gasteiger partial charge in [0.25, 0.3) is 5.91 Å². The molecule has 1 aliphatic rings. The number of benzene rings is 1. The van der Waals surface area contributed by atoms with Crippen molar-refractivity contribution in [3.8, 4) is 0 Å². The Hall–Kier alpha value is -1.06. The molecular formula is C14H19ClN2O. The Morgan fingerprint density at radius 2 is 2.39 bits per heavy atom. The Bertz CT molecular complexity index is 428. The quantitative estimate of drug-likeness (QED) is 0.879. The molecule has 4 heteroatoms. The molecule has 1 saturated heterocycles. The van der Waals surface area contributed by atoms with Crippen LogP contribution >= 0.6 is 11.6 Å². The van der Waals surface area contributed by atoms with Crippen LogP contribution in [0.2, 0.25) is 5.02 Å². The molecule has 0 radical (unpaired) electrons. The molecule has 0 aliphatic carbocycles.